The van der Waals surface area contributed by atoms with Crippen LogP contribution in [0.1, 0.15) is 0 Å². The van der Waals surface area contributed by atoms with Gasteiger partial charge in [0.1, 0.15) is 5.82 Å². The molecule has 0 saturated carbocycles. The number of benzene rings is 1. The molecule has 14 heavy (non-hydrogen) atoms. The van der Waals surface area contributed by atoms with Crippen molar-refractivity contribution in [3.05, 3.63) is 27.4 Å². The first-order valence-electron chi connectivity index (χ1n) is 3.68. The van der Waals surface area contributed by atoms with Gasteiger partial charge in [0.05, 0.1) is 10.7 Å². The van der Waals surface area contributed by atoms with Crippen LogP contribution in [0.2, 0.25) is 5.02 Å². The van der Waals surface area contributed by atoms with E-state index >= 15 is 0 Å². The first kappa shape index (κ1) is 11.3. The van der Waals surface area contributed by atoms with Gasteiger partial charge >= 0.3 is 0 Å². The highest BCUT2D eigenvalue weighted by molar-refractivity contribution is 9.10. The average Bonchev–Trinajstić information content (AvgIpc) is 2.10. The molecule has 0 bridgehead atoms. The number of anilines is 1. The molecular weight excluding hydrogens is 272 g/mol. The summed E-state index contributed by atoms with van der Waals surface area (Å²) >= 11 is 8.95. The Labute approximate surface area is 94.3 Å². The third-order valence-corrected chi connectivity index (χ3v) is 2.42. The number of hydrogen-bond donors (Lipinski definition) is 2. The predicted molar refractivity (Wildman–Crippen MR) is 60.3 cm³/mol. The molecule has 0 spiro atoms. The summed E-state index contributed by atoms with van der Waals surface area (Å²) < 4.78 is 13.3. The molecule has 0 saturated heterocycles. The number of halogens is 3. The maximum Gasteiger partial charge on any atom is 0.192 e. The van der Waals surface area contributed by atoms with Crippen LogP contribution >= 0.6 is 27.5 Å². The fraction of sp³-hybridized carbons (Fsp3) is 0.125. The Morgan fingerprint density at radius 3 is 2.79 bits per heavy atom. The van der Waals surface area contributed by atoms with Crippen LogP contribution in [-0.4, -0.2) is 13.0 Å². The summed E-state index contributed by atoms with van der Waals surface area (Å²) in [6, 6.07) is 2.48. The molecule has 1 aromatic carbocycles. The summed E-state index contributed by atoms with van der Waals surface area (Å²) in [4.78, 5) is 3.70. The Balaban J connectivity index is 3.09. The lowest BCUT2D eigenvalue weighted by atomic mass is 10.3. The molecule has 0 amide bonds. The number of nitrogens with one attached hydrogen (secondary N) is 1. The molecule has 1 rings (SSSR count). The molecular formula is C8H8BrClFN3. The molecule has 0 aliphatic carbocycles. The van der Waals surface area contributed by atoms with Gasteiger partial charge in [-0.25, -0.2) is 4.39 Å². The molecule has 0 fully saturated rings. The van der Waals surface area contributed by atoms with Crippen LogP contribution in [0.4, 0.5) is 10.1 Å². The molecule has 6 heteroatoms. The normalized spacial score (nSPS) is 11.6. The highest BCUT2D eigenvalue weighted by Crippen LogP contribution is 2.31. The number of hydrogen-bond acceptors (Lipinski definition) is 1. The summed E-state index contributed by atoms with van der Waals surface area (Å²) in [6.07, 6.45) is 0. The maximum absolute atomic E-state index is 12.8. The molecule has 0 aliphatic rings. The Kier molecular flexibility index (Phi) is 3.71. The minimum Gasteiger partial charge on any atom is -0.370 e. The smallest absolute Gasteiger partial charge is 0.192 e. The van der Waals surface area contributed by atoms with E-state index in [0.29, 0.717) is 10.2 Å². The summed E-state index contributed by atoms with van der Waals surface area (Å²) in [5.41, 5.74) is 5.94. The lowest BCUT2D eigenvalue weighted by Crippen LogP contribution is -2.22. The first-order chi connectivity index (χ1) is 6.54. The lowest BCUT2D eigenvalue weighted by Gasteiger charge is -2.09. The van der Waals surface area contributed by atoms with Crippen LogP contribution in [0, 0.1) is 5.82 Å². The van der Waals surface area contributed by atoms with E-state index in [4.69, 9.17) is 17.3 Å². The standard InChI is InChI=1S/C8H8BrClFN3/c1-13-8(12)14-7-5(9)2-4(11)3-6(7)10/h2-3H,1H3,(H3,12,13,14). The highest BCUT2D eigenvalue weighted by Gasteiger charge is 2.08. The number of rotatable bonds is 1. The van der Waals surface area contributed by atoms with Crippen molar-refractivity contribution in [2.75, 3.05) is 12.4 Å². The number of nitrogens with zero attached hydrogens (tertiary/aromatic N) is 1. The van der Waals surface area contributed by atoms with E-state index in [-0.39, 0.29) is 11.0 Å². The zero-order valence-corrected chi connectivity index (χ0v) is 9.66. The molecule has 1 aromatic rings. The van der Waals surface area contributed by atoms with Crippen LogP contribution in [-0.2, 0) is 0 Å². The minimum atomic E-state index is -0.417. The predicted octanol–water partition coefficient (Wildman–Crippen LogP) is 2.60. The molecule has 3 N–H and O–H groups in total. The first-order valence-corrected chi connectivity index (χ1v) is 4.85. The molecule has 0 atom stereocenters. The summed E-state index contributed by atoms with van der Waals surface area (Å²) in [5.74, 6) is -0.210. The van der Waals surface area contributed by atoms with Gasteiger partial charge in [-0.3, -0.25) is 4.99 Å². The van der Waals surface area contributed by atoms with Crippen molar-refractivity contribution in [1.29, 1.82) is 0 Å². The van der Waals surface area contributed by atoms with Gasteiger partial charge in [-0.15, -0.1) is 0 Å². The van der Waals surface area contributed by atoms with Crippen molar-refractivity contribution in [1.82, 2.24) is 0 Å². The quantitative estimate of drug-likeness (QED) is 0.614. The fourth-order valence-electron chi connectivity index (χ4n) is 0.846. The molecule has 3 nitrogen and oxygen atoms in total. The molecule has 0 aliphatic heterocycles. The van der Waals surface area contributed by atoms with Crippen molar-refractivity contribution >= 4 is 39.2 Å². The van der Waals surface area contributed by atoms with E-state index in [1.165, 1.54) is 19.2 Å². The van der Waals surface area contributed by atoms with Crippen molar-refractivity contribution in [2.24, 2.45) is 10.7 Å². The van der Waals surface area contributed by atoms with Gasteiger partial charge in [-0.05, 0) is 28.1 Å². The monoisotopic (exact) mass is 279 g/mol. The third kappa shape index (κ3) is 2.59. The second-order valence-electron chi connectivity index (χ2n) is 2.48. The van der Waals surface area contributed by atoms with Crippen molar-refractivity contribution in [3.8, 4) is 0 Å². The Hall–Kier alpha value is -0.810. The summed E-state index contributed by atoms with van der Waals surface area (Å²) in [6.45, 7) is 0. The fourth-order valence-corrected chi connectivity index (χ4v) is 1.74. The zero-order valence-electron chi connectivity index (χ0n) is 7.31. The Morgan fingerprint density at radius 1 is 1.64 bits per heavy atom. The highest BCUT2D eigenvalue weighted by atomic mass is 79.9. The SMILES string of the molecule is CN=C(N)Nc1c(Cl)cc(F)cc1Br. The lowest BCUT2D eigenvalue weighted by molar-refractivity contribution is 0.627. The number of aliphatic imine (C=N–C) groups is 1. The van der Waals surface area contributed by atoms with Gasteiger partial charge in [-0.1, -0.05) is 11.6 Å². The number of guanidine groups is 1. The second-order valence-corrected chi connectivity index (χ2v) is 3.74. The van der Waals surface area contributed by atoms with E-state index in [1.54, 1.807) is 0 Å². The van der Waals surface area contributed by atoms with Gasteiger partial charge in [-0.2, -0.15) is 0 Å². The van der Waals surface area contributed by atoms with Gasteiger partial charge in [0.2, 0.25) is 0 Å². The molecule has 0 radical (unpaired) electrons. The van der Waals surface area contributed by atoms with Crippen LogP contribution in [0.3, 0.4) is 0 Å². The Bertz CT molecular complexity index is 358. The van der Waals surface area contributed by atoms with Gasteiger partial charge < -0.3 is 11.1 Å². The van der Waals surface area contributed by atoms with Crippen LogP contribution in [0.5, 0.6) is 0 Å². The van der Waals surface area contributed by atoms with Crippen molar-refractivity contribution < 1.29 is 4.39 Å². The largest absolute Gasteiger partial charge is 0.370 e. The van der Waals surface area contributed by atoms with Crippen LogP contribution in [0.25, 0.3) is 0 Å². The Morgan fingerprint density at radius 2 is 2.29 bits per heavy atom. The second kappa shape index (κ2) is 4.61. The van der Waals surface area contributed by atoms with E-state index in [0.717, 1.165) is 0 Å². The maximum atomic E-state index is 12.8. The van der Waals surface area contributed by atoms with E-state index in [2.05, 4.69) is 26.2 Å². The van der Waals surface area contributed by atoms with Crippen LogP contribution in [0.15, 0.2) is 21.6 Å². The van der Waals surface area contributed by atoms with Gasteiger partial charge in [0.15, 0.2) is 5.96 Å². The van der Waals surface area contributed by atoms with E-state index in [9.17, 15) is 4.39 Å². The van der Waals surface area contributed by atoms with Crippen molar-refractivity contribution in [3.63, 3.8) is 0 Å². The molecule has 0 aromatic heterocycles. The van der Waals surface area contributed by atoms with Crippen molar-refractivity contribution in [2.45, 2.75) is 0 Å². The van der Waals surface area contributed by atoms with Gasteiger partial charge in [0, 0.05) is 11.5 Å². The average molecular weight is 281 g/mol. The summed E-state index contributed by atoms with van der Waals surface area (Å²) in [7, 11) is 1.54. The number of nitrogens with two attached hydrogens (primary N) is 1. The topological polar surface area (TPSA) is 50.4 Å². The molecule has 76 valence electrons. The van der Waals surface area contributed by atoms with E-state index < -0.39 is 5.82 Å². The summed E-state index contributed by atoms with van der Waals surface area (Å²) in [5, 5.41) is 2.98. The van der Waals surface area contributed by atoms with E-state index in [1.807, 2.05) is 0 Å². The minimum absolute atomic E-state index is 0.208. The van der Waals surface area contributed by atoms with Crippen LogP contribution < -0.4 is 11.1 Å². The van der Waals surface area contributed by atoms with Gasteiger partial charge in [0.25, 0.3) is 0 Å². The third-order valence-electron chi connectivity index (χ3n) is 1.50. The zero-order chi connectivity index (χ0) is 10.7. The molecule has 0 heterocycles. The molecule has 0 unspecified atom stereocenters.